The second kappa shape index (κ2) is 9.25. The van der Waals surface area contributed by atoms with Crippen molar-refractivity contribution >= 4 is 0 Å². The summed E-state index contributed by atoms with van der Waals surface area (Å²) in [4.78, 5) is 0. The van der Waals surface area contributed by atoms with Crippen LogP contribution in [-0.2, 0) is 21.7 Å². The molecule has 0 atom stereocenters. The number of phenols is 2. The summed E-state index contributed by atoms with van der Waals surface area (Å²) < 4.78 is 0. The zero-order valence-corrected chi connectivity index (χ0v) is 24.2. The highest BCUT2D eigenvalue weighted by Gasteiger charge is 2.31. The van der Waals surface area contributed by atoms with Crippen molar-refractivity contribution < 1.29 is 10.2 Å². The van der Waals surface area contributed by atoms with Gasteiger partial charge in [0.15, 0.2) is 0 Å². The SMILES string of the molecule is CCCC(c1cc(C(C)(C)C)c(O)c(C(C)(C)C)c1)c1cc(C(C)(C)C)c(O)c(C(C)(C)C)c1. The molecule has 0 amide bonds. The summed E-state index contributed by atoms with van der Waals surface area (Å²) in [7, 11) is 0. The van der Waals surface area contributed by atoms with E-state index >= 15 is 0 Å². The molecule has 0 aliphatic rings. The summed E-state index contributed by atoms with van der Waals surface area (Å²) in [5.41, 5.74) is 5.84. The molecule has 0 unspecified atom stereocenters. The molecule has 0 radical (unpaired) electrons. The van der Waals surface area contributed by atoms with Crippen LogP contribution in [0, 0.1) is 0 Å². The van der Waals surface area contributed by atoms with Crippen LogP contribution in [0.25, 0.3) is 0 Å². The second-order valence-corrected chi connectivity index (χ2v) is 14.3. The third-order valence-electron chi connectivity index (χ3n) is 6.88. The Kier molecular flexibility index (Phi) is 7.69. The molecule has 0 spiro atoms. The first-order chi connectivity index (χ1) is 15.2. The van der Waals surface area contributed by atoms with Gasteiger partial charge in [-0.2, -0.15) is 0 Å². The minimum atomic E-state index is -0.168. The lowest BCUT2D eigenvalue weighted by Crippen LogP contribution is -2.20. The Balaban J connectivity index is 2.94. The molecule has 34 heavy (non-hydrogen) atoms. The average molecular weight is 467 g/mol. The first-order valence-electron chi connectivity index (χ1n) is 12.9. The summed E-state index contributed by atoms with van der Waals surface area (Å²) in [5, 5.41) is 22.5. The van der Waals surface area contributed by atoms with Crippen molar-refractivity contribution in [1.29, 1.82) is 0 Å². The van der Waals surface area contributed by atoms with Gasteiger partial charge >= 0.3 is 0 Å². The lowest BCUT2D eigenvalue weighted by atomic mass is 9.73. The van der Waals surface area contributed by atoms with E-state index in [2.05, 4.69) is 114 Å². The first-order valence-corrected chi connectivity index (χ1v) is 12.9. The van der Waals surface area contributed by atoms with Crippen LogP contribution in [0.5, 0.6) is 11.5 Å². The van der Waals surface area contributed by atoms with Crippen molar-refractivity contribution in [1.82, 2.24) is 0 Å². The van der Waals surface area contributed by atoms with Crippen molar-refractivity contribution in [3.05, 3.63) is 57.6 Å². The van der Waals surface area contributed by atoms with Crippen LogP contribution in [0.3, 0.4) is 0 Å². The highest BCUT2D eigenvalue weighted by atomic mass is 16.3. The predicted octanol–water partition coefficient (Wildman–Crippen LogP) is 9.22. The molecule has 2 nitrogen and oxygen atoms in total. The van der Waals surface area contributed by atoms with Crippen molar-refractivity contribution in [3.8, 4) is 11.5 Å². The Morgan fingerprint density at radius 1 is 0.529 bits per heavy atom. The van der Waals surface area contributed by atoms with Crippen molar-refractivity contribution in [3.63, 3.8) is 0 Å². The van der Waals surface area contributed by atoms with Gasteiger partial charge < -0.3 is 10.2 Å². The fourth-order valence-corrected chi connectivity index (χ4v) is 4.82. The Bertz CT molecular complexity index is 863. The topological polar surface area (TPSA) is 40.5 Å². The van der Waals surface area contributed by atoms with Gasteiger partial charge in [0, 0.05) is 5.92 Å². The summed E-state index contributed by atoms with van der Waals surface area (Å²) in [6, 6.07) is 8.91. The smallest absolute Gasteiger partial charge is 0.123 e. The van der Waals surface area contributed by atoms with Crippen LogP contribution in [0.4, 0.5) is 0 Å². The number of hydrogen-bond donors (Lipinski definition) is 2. The van der Waals surface area contributed by atoms with Gasteiger partial charge in [-0.3, -0.25) is 0 Å². The van der Waals surface area contributed by atoms with E-state index in [1.165, 1.54) is 11.1 Å². The third-order valence-corrected chi connectivity index (χ3v) is 6.88. The minimum Gasteiger partial charge on any atom is -0.507 e. The standard InChI is InChI=1S/C32H50O2/c1-14-15-22(20-16-23(29(2,3)4)27(33)24(17-20)30(5,6)7)21-18-25(31(8,9)10)28(34)26(19-21)32(11,12)13/h16-19,22,33-34H,14-15H2,1-13H3. The van der Waals surface area contributed by atoms with E-state index in [1.54, 1.807) is 0 Å². The molecule has 2 aromatic carbocycles. The number of phenolic OH excluding ortho intramolecular Hbond substituents is 2. The van der Waals surface area contributed by atoms with Crippen LogP contribution >= 0.6 is 0 Å². The van der Waals surface area contributed by atoms with Gasteiger partial charge in [0.2, 0.25) is 0 Å². The van der Waals surface area contributed by atoms with Crippen molar-refractivity contribution in [2.24, 2.45) is 0 Å². The zero-order valence-electron chi connectivity index (χ0n) is 24.2. The molecule has 2 N–H and O–H groups in total. The molecule has 0 aromatic heterocycles. The average Bonchev–Trinajstić information content (AvgIpc) is 2.63. The van der Waals surface area contributed by atoms with Gasteiger partial charge in [0.25, 0.3) is 0 Å². The van der Waals surface area contributed by atoms with Crippen LogP contribution in [0.2, 0.25) is 0 Å². The molecule has 2 aromatic rings. The van der Waals surface area contributed by atoms with E-state index in [9.17, 15) is 10.2 Å². The Morgan fingerprint density at radius 3 is 0.941 bits per heavy atom. The Morgan fingerprint density at radius 2 is 0.765 bits per heavy atom. The van der Waals surface area contributed by atoms with E-state index in [0.29, 0.717) is 11.5 Å². The quantitative estimate of drug-likeness (QED) is 0.471. The second-order valence-electron chi connectivity index (χ2n) is 14.3. The lowest BCUT2D eigenvalue weighted by Gasteiger charge is -2.32. The van der Waals surface area contributed by atoms with Crippen molar-refractivity contribution in [2.75, 3.05) is 0 Å². The Hall–Kier alpha value is -1.96. The molecule has 0 aliphatic heterocycles. The van der Waals surface area contributed by atoms with Crippen LogP contribution < -0.4 is 0 Å². The number of benzene rings is 2. The fourth-order valence-electron chi connectivity index (χ4n) is 4.82. The van der Waals surface area contributed by atoms with Gasteiger partial charge in [-0.05, 0) is 61.5 Å². The monoisotopic (exact) mass is 466 g/mol. The molecule has 2 heteroatoms. The molecule has 190 valence electrons. The molecule has 0 aliphatic carbocycles. The third kappa shape index (κ3) is 5.99. The van der Waals surface area contributed by atoms with E-state index in [1.807, 2.05) is 0 Å². The maximum absolute atomic E-state index is 11.3. The first kappa shape index (κ1) is 28.3. The molecular weight excluding hydrogens is 416 g/mol. The molecular formula is C32H50O2. The molecule has 0 fully saturated rings. The summed E-state index contributed by atoms with van der Waals surface area (Å²) >= 11 is 0. The van der Waals surface area contributed by atoms with E-state index in [4.69, 9.17) is 0 Å². The highest BCUT2D eigenvalue weighted by molar-refractivity contribution is 5.55. The lowest BCUT2D eigenvalue weighted by molar-refractivity contribution is 0.421. The zero-order chi connectivity index (χ0) is 26.4. The number of hydrogen-bond acceptors (Lipinski definition) is 2. The van der Waals surface area contributed by atoms with Crippen molar-refractivity contribution in [2.45, 2.75) is 130 Å². The largest absolute Gasteiger partial charge is 0.507 e. The van der Waals surface area contributed by atoms with E-state index < -0.39 is 0 Å². The molecule has 0 saturated carbocycles. The maximum atomic E-state index is 11.3. The molecule has 0 saturated heterocycles. The van der Waals surface area contributed by atoms with Gasteiger partial charge in [-0.15, -0.1) is 0 Å². The van der Waals surface area contributed by atoms with Crippen LogP contribution in [0.15, 0.2) is 24.3 Å². The van der Waals surface area contributed by atoms with Gasteiger partial charge in [0.05, 0.1) is 0 Å². The summed E-state index contributed by atoms with van der Waals surface area (Å²) in [5.74, 6) is 1.04. The molecule has 2 rings (SSSR count). The van der Waals surface area contributed by atoms with Gasteiger partial charge in [-0.1, -0.05) is 121 Å². The maximum Gasteiger partial charge on any atom is 0.123 e. The van der Waals surface area contributed by atoms with Gasteiger partial charge in [0.1, 0.15) is 11.5 Å². The normalized spacial score (nSPS) is 13.6. The Labute approximate surface area is 209 Å². The van der Waals surface area contributed by atoms with E-state index in [0.717, 1.165) is 35.1 Å². The fraction of sp³-hybridized carbons (Fsp3) is 0.625. The van der Waals surface area contributed by atoms with E-state index in [-0.39, 0.29) is 27.6 Å². The minimum absolute atomic E-state index is 0.168. The highest BCUT2D eigenvalue weighted by Crippen LogP contribution is 2.46. The number of aromatic hydroxyl groups is 2. The number of rotatable bonds is 4. The summed E-state index contributed by atoms with van der Waals surface area (Å²) in [6.07, 6.45) is 2.06. The predicted molar refractivity (Wildman–Crippen MR) is 148 cm³/mol. The molecule has 0 bridgehead atoms. The summed E-state index contributed by atoms with van der Waals surface area (Å²) in [6.45, 7) is 28.3. The molecule has 0 heterocycles. The van der Waals surface area contributed by atoms with Crippen LogP contribution in [-0.4, -0.2) is 10.2 Å². The van der Waals surface area contributed by atoms with Crippen LogP contribution in [0.1, 0.15) is 142 Å². The van der Waals surface area contributed by atoms with Gasteiger partial charge in [-0.25, -0.2) is 0 Å².